The van der Waals surface area contributed by atoms with Crippen molar-refractivity contribution in [3.05, 3.63) is 28.7 Å². The standard InChI is InChI=1S/C14H21BrN2O2S/c1-2-17(11-12-6-8-16-9-7-12)20(18,19)14-5-3-4-13(15)10-14/h3-5,10,12,16H,2,6-9,11H2,1H3. The van der Waals surface area contributed by atoms with Gasteiger partial charge in [-0.25, -0.2) is 8.42 Å². The molecule has 0 bridgehead atoms. The molecule has 0 radical (unpaired) electrons. The van der Waals surface area contributed by atoms with Crippen LogP contribution < -0.4 is 5.32 Å². The van der Waals surface area contributed by atoms with Crippen LogP contribution in [0.15, 0.2) is 33.6 Å². The summed E-state index contributed by atoms with van der Waals surface area (Å²) in [6.45, 7) is 5.00. The fourth-order valence-electron chi connectivity index (χ4n) is 2.53. The maximum Gasteiger partial charge on any atom is 0.243 e. The van der Waals surface area contributed by atoms with E-state index in [-0.39, 0.29) is 0 Å². The summed E-state index contributed by atoms with van der Waals surface area (Å²) in [7, 11) is -3.39. The van der Waals surface area contributed by atoms with Gasteiger partial charge in [0.05, 0.1) is 4.90 Å². The molecule has 1 aliphatic rings. The summed E-state index contributed by atoms with van der Waals surface area (Å²) >= 11 is 3.33. The molecule has 6 heteroatoms. The maximum absolute atomic E-state index is 12.7. The molecule has 1 saturated heterocycles. The highest BCUT2D eigenvalue weighted by Crippen LogP contribution is 2.22. The van der Waals surface area contributed by atoms with Gasteiger partial charge in [0.1, 0.15) is 0 Å². The van der Waals surface area contributed by atoms with Gasteiger partial charge < -0.3 is 5.32 Å². The van der Waals surface area contributed by atoms with Crippen LogP contribution in [0, 0.1) is 5.92 Å². The molecule has 0 amide bonds. The largest absolute Gasteiger partial charge is 0.317 e. The molecule has 0 spiro atoms. The summed E-state index contributed by atoms with van der Waals surface area (Å²) in [5, 5.41) is 3.31. The van der Waals surface area contributed by atoms with Gasteiger partial charge in [0.25, 0.3) is 0 Å². The smallest absolute Gasteiger partial charge is 0.243 e. The van der Waals surface area contributed by atoms with Gasteiger partial charge in [-0.05, 0) is 50.0 Å². The van der Waals surface area contributed by atoms with Crippen molar-refractivity contribution in [1.29, 1.82) is 0 Å². The van der Waals surface area contributed by atoms with Gasteiger partial charge in [0.2, 0.25) is 10.0 Å². The van der Waals surface area contributed by atoms with Crippen LogP contribution in [-0.4, -0.2) is 38.9 Å². The quantitative estimate of drug-likeness (QED) is 0.877. The highest BCUT2D eigenvalue weighted by molar-refractivity contribution is 9.10. The summed E-state index contributed by atoms with van der Waals surface area (Å²) in [6, 6.07) is 6.92. The van der Waals surface area contributed by atoms with Crippen LogP contribution >= 0.6 is 15.9 Å². The van der Waals surface area contributed by atoms with Crippen LogP contribution in [0.2, 0.25) is 0 Å². The Kier molecular flexibility index (Phi) is 5.60. The zero-order valence-electron chi connectivity index (χ0n) is 11.7. The first-order valence-corrected chi connectivity index (χ1v) is 9.23. The molecule has 0 atom stereocenters. The van der Waals surface area contributed by atoms with Crippen molar-refractivity contribution < 1.29 is 8.42 Å². The SMILES string of the molecule is CCN(CC1CCNCC1)S(=O)(=O)c1cccc(Br)c1. The van der Waals surface area contributed by atoms with Crippen LogP contribution in [0.25, 0.3) is 0 Å². The number of rotatable bonds is 5. The number of halogens is 1. The Morgan fingerprint density at radius 2 is 2.05 bits per heavy atom. The van der Waals surface area contributed by atoms with Gasteiger partial charge in [-0.2, -0.15) is 4.31 Å². The Hall–Kier alpha value is -0.430. The monoisotopic (exact) mass is 360 g/mol. The second-order valence-electron chi connectivity index (χ2n) is 5.11. The van der Waals surface area contributed by atoms with Crippen molar-refractivity contribution >= 4 is 26.0 Å². The number of sulfonamides is 1. The molecule has 2 rings (SSSR count). The number of benzene rings is 1. The Morgan fingerprint density at radius 3 is 2.65 bits per heavy atom. The fraction of sp³-hybridized carbons (Fsp3) is 0.571. The van der Waals surface area contributed by atoms with Crippen molar-refractivity contribution in [1.82, 2.24) is 9.62 Å². The van der Waals surface area contributed by atoms with Crippen LogP contribution in [0.1, 0.15) is 19.8 Å². The zero-order valence-corrected chi connectivity index (χ0v) is 14.1. The second kappa shape index (κ2) is 7.02. The minimum Gasteiger partial charge on any atom is -0.317 e. The molecule has 4 nitrogen and oxygen atoms in total. The van der Waals surface area contributed by atoms with Crippen LogP contribution in [0.4, 0.5) is 0 Å². The number of piperidine rings is 1. The summed E-state index contributed by atoms with van der Waals surface area (Å²) in [4.78, 5) is 0.364. The first-order valence-electron chi connectivity index (χ1n) is 7.00. The van der Waals surface area contributed by atoms with Gasteiger partial charge in [0, 0.05) is 17.6 Å². The molecule has 0 unspecified atom stereocenters. The minimum absolute atomic E-state index is 0.364. The summed E-state index contributed by atoms with van der Waals surface area (Å²) in [5.74, 6) is 0.457. The molecule has 0 aromatic heterocycles. The molecular weight excluding hydrogens is 340 g/mol. The Balaban J connectivity index is 2.16. The summed E-state index contributed by atoms with van der Waals surface area (Å²) < 4.78 is 27.7. The van der Waals surface area contributed by atoms with E-state index in [0.29, 0.717) is 23.9 Å². The highest BCUT2D eigenvalue weighted by Gasteiger charge is 2.26. The van der Waals surface area contributed by atoms with Gasteiger partial charge in [0.15, 0.2) is 0 Å². The van der Waals surface area contributed by atoms with Gasteiger partial charge >= 0.3 is 0 Å². The fourth-order valence-corrected chi connectivity index (χ4v) is 4.65. The Bertz CT molecular complexity index is 542. The first kappa shape index (κ1) is 15.9. The van der Waals surface area contributed by atoms with Crippen LogP contribution in [-0.2, 0) is 10.0 Å². The van der Waals surface area contributed by atoms with E-state index in [1.54, 1.807) is 22.5 Å². The highest BCUT2D eigenvalue weighted by atomic mass is 79.9. The molecule has 20 heavy (non-hydrogen) atoms. The lowest BCUT2D eigenvalue weighted by molar-refractivity contribution is 0.294. The number of nitrogens with one attached hydrogen (secondary N) is 1. The molecule has 1 fully saturated rings. The van der Waals surface area contributed by atoms with Crippen LogP contribution in [0.5, 0.6) is 0 Å². The van der Waals surface area contributed by atoms with Crippen LogP contribution in [0.3, 0.4) is 0 Å². The first-order chi connectivity index (χ1) is 9.54. The van der Waals surface area contributed by atoms with Crippen molar-refractivity contribution in [2.75, 3.05) is 26.2 Å². The van der Waals surface area contributed by atoms with E-state index >= 15 is 0 Å². The average molecular weight is 361 g/mol. The lowest BCUT2D eigenvalue weighted by Crippen LogP contribution is -2.39. The summed E-state index contributed by atoms with van der Waals surface area (Å²) in [5.41, 5.74) is 0. The normalized spacial score (nSPS) is 17.6. The Labute approximate surface area is 129 Å². The molecule has 112 valence electrons. The van der Waals surface area contributed by atoms with Crippen molar-refractivity contribution in [3.63, 3.8) is 0 Å². The molecule has 0 aliphatic carbocycles. The maximum atomic E-state index is 12.7. The third-order valence-electron chi connectivity index (χ3n) is 3.71. The minimum atomic E-state index is -3.39. The van der Waals surface area contributed by atoms with Gasteiger partial charge in [-0.3, -0.25) is 0 Å². The van der Waals surface area contributed by atoms with Gasteiger partial charge in [-0.1, -0.05) is 28.9 Å². The molecule has 1 aliphatic heterocycles. The van der Waals surface area contributed by atoms with Crippen molar-refractivity contribution in [2.24, 2.45) is 5.92 Å². The molecule has 0 saturated carbocycles. The lowest BCUT2D eigenvalue weighted by Gasteiger charge is -2.28. The number of hydrogen-bond acceptors (Lipinski definition) is 3. The average Bonchev–Trinajstić information content (AvgIpc) is 2.45. The number of nitrogens with zero attached hydrogens (tertiary/aromatic N) is 1. The Morgan fingerprint density at radius 1 is 1.35 bits per heavy atom. The zero-order chi connectivity index (χ0) is 14.6. The molecule has 1 N–H and O–H groups in total. The van der Waals surface area contributed by atoms with E-state index in [2.05, 4.69) is 21.2 Å². The van der Waals surface area contributed by atoms with E-state index < -0.39 is 10.0 Å². The molecule has 1 heterocycles. The topological polar surface area (TPSA) is 49.4 Å². The molecule has 1 aromatic rings. The van der Waals surface area contributed by atoms with Gasteiger partial charge in [-0.15, -0.1) is 0 Å². The van der Waals surface area contributed by atoms with E-state index in [4.69, 9.17) is 0 Å². The van der Waals surface area contributed by atoms with E-state index in [0.717, 1.165) is 30.4 Å². The third-order valence-corrected chi connectivity index (χ3v) is 6.14. The second-order valence-corrected chi connectivity index (χ2v) is 7.96. The lowest BCUT2D eigenvalue weighted by atomic mass is 9.98. The van der Waals surface area contributed by atoms with E-state index in [9.17, 15) is 8.42 Å². The van der Waals surface area contributed by atoms with E-state index in [1.807, 2.05) is 13.0 Å². The molecule has 1 aromatic carbocycles. The third kappa shape index (κ3) is 3.81. The van der Waals surface area contributed by atoms with Crippen molar-refractivity contribution in [3.8, 4) is 0 Å². The van der Waals surface area contributed by atoms with E-state index in [1.165, 1.54) is 0 Å². The number of hydrogen-bond donors (Lipinski definition) is 1. The molecular formula is C14H21BrN2O2S. The summed E-state index contributed by atoms with van der Waals surface area (Å²) in [6.07, 6.45) is 2.09. The predicted molar refractivity (Wildman–Crippen MR) is 84.2 cm³/mol. The predicted octanol–water partition coefficient (Wildman–Crippen LogP) is 2.46. The van der Waals surface area contributed by atoms with Crippen molar-refractivity contribution in [2.45, 2.75) is 24.7 Å².